The monoisotopic (exact) mass is 376 g/mol. The summed E-state index contributed by atoms with van der Waals surface area (Å²) in [4.78, 5) is 24.1. The molecule has 1 heterocycles. The van der Waals surface area contributed by atoms with E-state index in [0.717, 1.165) is 23.0 Å². The van der Waals surface area contributed by atoms with Gasteiger partial charge >= 0.3 is 10.7 Å². The molecule has 2 aromatic carbocycles. The third kappa shape index (κ3) is 4.12. The van der Waals surface area contributed by atoms with Crippen molar-refractivity contribution < 1.29 is 14.0 Å². The maximum Gasteiger partial charge on any atom is 0.442 e. The van der Waals surface area contributed by atoms with Crippen molar-refractivity contribution >= 4 is 35.0 Å². The minimum atomic E-state index is -0.527. The van der Waals surface area contributed by atoms with Crippen molar-refractivity contribution in [3.8, 4) is 5.69 Å². The molecule has 1 amide bonds. The van der Waals surface area contributed by atoms with Crippen LogP contribution in [0.15, 0.2) is 62.9 Å². The minimum Gasteiger partial charge on any atom is -0.325 e. The summed E-state index contributed by atoms with van der Waals surface area (Å²) in [7, 11) is 0. The van der Waals surface area contributed by atoms with Gasteiger partial charge in [0, 0.05) is 22.8 Å². The van der Waals surface area contributed by atoms with Crippen molar-refractivity contribution in [1.29, 1.82) is 0 Å². The summed E-state index contributed by atoms with van der Waals surface area (Å²) in [5, 5.41) is 6.17. The molecule has 0 fully saturated rings. The topological polar surface area (TPSA) is 79.0 Å². The van der Waals surface area contributed by atoms with Crippen LogP contribution in [0.4, 0.5) is 5.69 Å². The second-order valence-electron chi connectivity index (χ2n) is 5.25. The Morgan fingerprint density at radius 1 is 1.28 bits per heavy atom. The van der Waals surface area contributed by atoms with Gasteiger partial charge in [0.25, 0.3) is 0 Å². The minimum absolute atomic E-state index is 0.0569. The number of carbonyl (C=O) groups is 1. The normalized spacial score (nSPS) is 10.6. The molecular formula is C17H15ClN3O3S+. The van der Waals surface area contributed by atoms with Crippen LogP contribution >= 0.6 is 23.4 Å². The molecule has 1 aromatic heterocycles. The largest absolute Gasteiger partial charge is 0.442 e. The van der Waals surface area contributed by atoms with Crippen LogP contribution in [0.5, 0.6) is 0 Å². The summed E-state index contributed by atoms with van der Waals surface area (Å²) in [6, 6.07) is 14.5. The molecule has 0 bridgehead atoms. The maximum atomic E-state index is 12.2. The summed E-state index contributed by atoms with van der Waals surface area (Å²) < 4.78 is 6.35. The fourth-order valence-corrected chi connectivity index (χ4v) is 3.13. The van der Waals surface area contributed by atoms with E-state index in [-0.39, 0.29) is 11.7 Å². The van der Waals surface area contributed by atoms with Gasteiger partial charge in [0.15, 0.2) is 0 Å². The van der Waals surface area contributed by atoms with E-state index in [0.29, 0.717) is 15.7 Å². The Hall–Kier alpha value is -2.51. The smallest absolute Gasteiger partial charge is 0.325 e. The molecule has 0 unspecified atom stereocenters. The van der Waals surface area contributed by atoms with E-state index < -0.39 is 5.63 Å². The second-order valence-corrected chi connectivity index (χ2v) is 6.65. The maximum absolute atomic E-state index is 12.2. The van der Waals surface area contributed by atoms with Crippen LogP contribution in [0, 0.1) is 6.92 Å². The van der Waals surface area contributed by atoms with E-state index in [1.807, 2.05) is 43.3 Å². The van der Waals surface area contributed by atoms with Crippen molar-refractivity contribution in [1.82, 2.24) is 5.27 Å². The molecule has 8 heteroatoms. The van der Waals surface area contributed by atoms with Crippen molar-refractivity contribution in [2.24, 2.45) is 0 Å². The summed E-state index contributed by atoms with van der Waals surface area (Å²) in [5.41, 5.74) is 1.76. The molecule has 25 heavy (non-hydrogen) atoms. The van der Waals surface area contributed by atoms with Crippen LogP contribution in [-0.2, 0) is 4.79 Å². The van der Waals surface area contributed by atoms with Crippen molar-refractivity contribution in [3.63, 3.8) is 0 Å². The lowest BCUT2D eigenvalue weighted by atomic mass is 10.2. The highest BCUT2D eigenvalue weighted by Crippen LogP contribution is 2.21. The number of para-hydroxylation sites is 1. The van der Waals surface area contributed by atoms with Crippen LogP contribution in [0.3, 0.4) is 0 Å². The Labute approximate surface area is 152 Å². The summed E-state index contributed by atoms with van der Waals surface area (Å²) >= 11 is 7.04. The highest BCUT2D eigenvalue weighted by atomic mass is 35.5. The van der Waals surface area contributed by atoms with E-state index in [2.05, 4.69) is 10.6 Å². The lowest BCUT2D eigenvalue weighted by Crippen LogP contribution is -2.36. The zero-order valence-electron chi connectivity index (χ0n) is 13.3. The molecule has 0 radical (unpaired) electrons. The van der Waals surface area contributed by atoms with Gasteiger partial charge in [-0.15, -0.1) is 0 Å². The van der Waals surface area contributed by atoms with Gasteiger partial charge in [-0.3, -0.25) is 9.32 Å². The Morgan fingerprint density at radius 2 is 2.04 bits per heavy atom. The number of H-pyrrole nitrogens is 1. The third-order valence-electron chi connectivity index (χ3n) is 3.44. The quantitative estimate of drug-likeness (QED) is 0.530. The fraction of sp³-hybridized carbons (Fsp3) is 0.118. The predicted molar refractivity (Wildman–Crippen MR) is 96.4 cm³/mol. The Kier molecular flexibility index (Phi) is 5.25. The number of anilines is 1. The molecule has 0 spiro atoms. The number of aryl methyl sites for hydroxylation is 1. The Morgan fingerprint density at radius 3 is 2.80 bits per heavy atom. The highest BCUT2D eigenvalue weighted by molar-refractivity contribution is 7.99. The molecule has 128 valence electrons. The van der Waals surface area contributed by atoms with Crippen LogP contribution in [0.2, 0.25) is 5.02 Å². The van der Waals surface area contributed by atoms with Crippen molar-refractivity contribution in [2.75, 3.05) is 11.1 Å². The van der Waals surface area contributed by atoms with Crippen molar-refractivity contribution in [3.05, 3.63) is 69.5 Å². The number of carbonyl (C=O) groups excluding carboxylic acids is 1. The number of rotatable bonds is 5. The first-order chi connectivity index (χ1) is 12.0. The van der Waals surface area contributed by atoms with Gasteiger partial charge in [-0.25, -0.2) is 4.79 Å². The van der Waals surface area contributed by atoms with Crippen LogP contribution in [0.25, 0.3) is 5.69 Å². The fourth-order valence-electron chi connectivity index (χ4n) is 2.18. The van der Waals surface area contributed by atoms with Gasteiger partial charge in [-0.05, 0) is 46.3 Å². The number of halogens is 1. The van der Waals surface area contributed by atoms with Gasteiger partial charge in [0.2, 0.25) is 11.6 Å². The highest BCUT2D eigenvalue weighted by Gasteiger charge is 2.24. The summed E-state index contributed by atoms with van der Waals surface area (Å²) in [6.45, 7) is 1.88. The van der Waals surface area contributed by atoms with Gasteiger partial charge in [0.05, 0.1) is 5.75 Å². The van der Waals surface area contributed by atoms with Crippen LogP contribution in [0.1, 0.15) is 5.56 Å². The number of nitrogens with one attached hydrogen (secondary N) is 2. The predicted octanol–water partition coefficient (Wildman–Crippen LogP) is 2.94. The Bertz CT molecular complexity index is 953. The van der Waals surface area contributed by atoms with E-state index >= 15 is 0 Å². The molecule has 3 rings (SSSR count). The first-order valence-corrected chi connectivity index (χ1v) is 8.78. The number of aromatic nitrogens is 2. The molecule has 0 aliphatic carbocycles. The summed E-state index contributed by atoms with van der Waals surface area (Å²) in [6.07, 6.45) is 0. The lowest BCUT2D eigenvalue weighted by molar-refractivity contribution is -0.704. The van der Waals surface area contributed by atoms with Gasteiger partial charge in [-0.2, -0.15) is 0 Å². The standard InChI is InChI=1S/C17H14ClN3O3S/c1-11-7-8-12(18)9-14(11)19-15(22)10-25-16-17(23)24-20-21(16)13-5-3-2-4-6-13/h2-9H,10H2,1H3,(H-,19,20,22,23)/p+1. The van der Waals surface area contributed by atoms with Gasteiger partial charge in [-0.1, -0.05) is 35.9 Å². The number of aromatic amines is 1. The van der Waals surface area contributed by atoms with Gasteiger partial charge in [0.1, 0.15) is 0 Å². The number of benzene rings is 2. The first kappa shape index (κ1) is 17.3. The molecule has 0 aliphatic rings. The third-order valence-corrected chi connectivity index (χ3v) is 4.70. The SMILES string of the molecule is Cc1ccc(Cl)cc1NC(=O)CSc1c(=O)o[nH][n+]1-c1ccccc1. The number of hydrogen-bond acceptors (Lipinski definition) is 4. The molecular weight excluding hydrogens is 362 g/mol. The zero-order valence-corrected chi connectivity index (χ0v) is 14.9. The number of amides is 1. The molecule has 3 aromatic rings. The van der Waals surface area contributed by atoms with Crippen LogP contribution < -0.4 is 15.6 Å². The average molecular weight is 377 g/mol. The Balaban J connectivity index is 1.72. The van der Waals surface area contributed by atoms with Gasteiger partial charge < -0.3 is 5.32 Å². The van der Waals surface area contributed by atoms with Crippen LogP contribution in [-0.4, -0.2) is 16.9 Å². The lowest BCUT2D eigenvalue weighted by Gasteiger charge is -2.07. The number of hydrogen-bond donors (Lipinski definition) is 2. The van der Waals surface area contributed by atoms with E-state index in [4.69, 9.17) is 16.1 Å². The second kappa shape index (κ2) is 7.58. The van der Waals surface area contributed by atoms with E-state index in [1.165, 1.54) is 4.68 Å². The molecule has 0 aliphatic heterocycles. The van der Waals surface area contributed by atoms with E-state index in [1.54, 1.807) is 12.1 Å². The zero-order chi connectivity index (χ0) is 17.8. The summed E-state index contributed by atoms with van der Waals surface area (Å²) in [5.74, 6) is -0.183. The molecule has 6 nitrogen and oxygen atoms in total. The molecule has 0 saturated carbocycles. The van der Waals surface area contributed by atoms with E-state index in [9.17, 15) is 9.59 Å². The number of nitrogens with zero attached hydrogens (tertiary/aromatic N) is 1. The average Bonchev–Trinajstić information content (AvgIpc) is 2.98. The molecule has 2 N–H and O–H groups in total. The molecule has 0 atom stereocenters. The molecule has 0 saturated heterocycles. The first-order valence-electron chi connectivity index (χ1n) is 7.42. The number of thioether (sulfide) groups is 1. The van der Waals surface area contributed by atoms with Crippen molar-refractivity contribution in [2.45, 2.75) is 11.9 Å².